The van der Waals surface area contributed by atoms with Gasteiger partial charge in [0, 0.05) is 12.6 Å². The summed E-state index contributed by atoms with van der Waals surface area (Å²) >= 11 is 0. The Balaban J connectivity index is 2.04. The van der Waals surface area contributed by atoms with Crippen molar-refractivity contribution in [1.82, 2.24) is 10.3 Å². The molecule has 0 saturated heterocycles. The van der Waals surface area contributed by atoms with E-state index in [0.717, 1.165) is 12.1 Å². The second-order valence-electron chi connectivity index (χ2n) is 5.01. The van der Waals surface area contributed by atoms with Crippen LogP contribution in [0.25, 0.3) is 0 Å². The van der Waals surface area contributed by atoms with Gasteiger partial charge in [0.2, 0.25) is 5.91 Å². The van der Waals surface area contributed by atoms with Crippen molar-refractivity contribution >= 4 is 5.91 Å². The highest BCUT2D eigenvalue weighted by molar-refractivity contribution is 5.78. The predicted octanol–water partition coefficient (Wildman–Crippen LogP) is 1.20. The molecule has 0 aromatic heterocycles. The van der Waals surface area contributed by atoms with E-state index in [1.165, 1.54) is 24.8 Å². The minimum Gasteiger partial charge on any atom is -0.299 e. The van der Waals surface area contributed by atoms with Gasteiger partial charge in [-0.2, -0.15) is 0 Å². The zero-order chi connectivity index (χ0) is 13.0. The first-order valence-corrected chi connectivity index (χ1v) is 6.47. The van der Waals surface area contributed by atoms with Gasteiger partial charge >= 0.3 is 0 Å². The van der Waals surface area contributed by atoms with E-state index in [4.69, 9.17) is 5.84 Å². The molecular weight excluding hydrogens is 226 g/mol. The van der Waals surface area contributed by atoms with Gasteiger partial charge in [0.05, 0.1) is 6.42 Å². The average molecular weight is 247 g/mol. The Morgan fingerprint density at radius 3 is 2.61 bits per heavy atom. The molecule has 0 heterocycles. The van der Waals surface area contributed by atoms with Gasteiger partial charge in [0.15, 0.2) is 0 Å². The molecule has 3 N–H and O–H groups in total. The third kappa shape index (κ3) is 3.09. The van der Waals surface area contributed by atoms with Crippen LogP contribution in [0.1, 0.15) is 30.4 Å². The number of carbonyl (C=O) groups excluding carboxylic acids is 1. The fraction of sp³-hybridized carbons (Fsp3) is 0.500. The molecule has 0 aliphatic heterocycles. The van der Waals surface area contributed by atoms with Crippen molar-refractivity contribution in [3.63, 3.8) is 0 Å². The van der Waals surface area contributed by atoms with Crippen LogP contribution in [-0.4, -0.2) is 23.9 Å². The fourth-order valence-electron chi connectivity index (χ4n) is 2.33. The van der Waals surface area contributed by atoms with Gasteiger partial charge in [-0.25, -0.2) is 5.84 Å². The normalized spacial score (nSPS) is 15.5. The second-order valence-corrected chi connectivity index (χ2v) is 5.01. The van der Waals surface area contributed by atoms with Gasteiger partial charge in [0.1, 0.15) is 0 Å². The van der Waals surface area contributed by atoms with E-state index in [1.54, 1.807) is 0 Å². The number of benzene rings is 1. The minimum absolute atomic E-state index is 0.145. The lowest BCUT2D eigenvalue weighted by Crippen LogP contribution is -2.37. The smallest absolute Gasteiger partial charge is 0.238 e. The van der Waals surface area contributed by atoms with Crippen LogP contribution in [0.5, 0.6) is 0 Å². The topological polar surface area (TPSA) is 58.4 Å². The summed E-state index contributed by atoms with van der Waals surface area (Å²) in [7, 11) is 2.16. The molecule has 0 radical (unpaired) electrons. The summed E-state index contributed by atoms with van der Waals surface area (Å²) in [5.41, 5.74) is 4.47. The highest BCUT2D eigenvalue weighted by Crippen LogP contribution is 2.25. The Kier molecular flexibility index (Phi) is 4.33. The number of hydrogen-bond acceptors (Lipinski definition) is 3. The Morgan fingerprint density at radius 2 is 2.06 bits per heavy atom. The molecule has 0 unspecified atom stereocenters. The molecule has 18 heavy (non-hydrogen) atoms. The van der Waals surface area contributed by atoms with E-state index in [0.29, 0.717) is 12.5 Å². The molecule has 4 nitrogen and oxygen atoms in total. The number of nitrogens with zero attached hydrogens (tertiary/aromatic N) is 1. The van der Waals surface area contributed by atoms with Crippen molar-refractivity contribution in [3.05, 3.63) is 35.4 Å². The monoisotopic (exact) mass is 247 g/mol. The first kappa shape index (κ1) is 13.1. The molecule has 98 valence electrons. The number of rotatable bonds is 5. The summed E-state index contributed by atoms with van der Waals surface area (Å²) < 4.78 is 0. The van der Waals surface area contributed by atoms with E-state index >= 15 is 0 Å². The summed E-state index contributed by atoms with van der Waals surface area (Å²) in [6.45, 7) is 0.901. The number of hydrogen-bond donors (Lipinski definition) is 2. The largest absolute Gasteiger partial charge is 0.299 e. The lowest BCUT2D eigenvalue weighted by atomic mass is 9.91. The molecule has 0 atom stereocenters. The zero-order valence-electron chi connectivity index (χ0n) is 10.9. The van der Waals surface area contributed by atoms with Crippen LogP contribution in [0.2, 0.25) is 0 Å². The van der Waals surface area contributed by atoms with E-state index in [2.05, 4.69) is 23.4 Å². The first-order valence-electron chi connectivity index (χ1n) is 6.47. The van der Waals surface area contributed by atoms with Crippen LogP contribution in [0.4, 0.5) is 0 Å². The van der Waals surface area contributed by atoms with Gasteiger partial charge in [-0.1, -0.05) is 30.7 Å². The van der Waals surface area contributed by atoms with E-state index in [9.17, 15) is 4.79 Å². The summed E-state index contributed by atoms with van der Waals surface area (Å²) in [5, 5.41) is 0. The van der Waals surface area contributed by atoms with Gasteiger partial charge in [0.25, 0.3) is 0 Å². The molecule has 1 fully saturated rings. The van der Waals surface area contributed by atoms with Gasteiger partial charge in [-0.3, -0.25) is 15.1 Å². The third-order valence-electron chi connectivity index (χ3n) is 3.75. The molecule has 1 aliphatic rings. The number of hydrazine groups is 1. The average Bonchev–Trinajstić information content (AvgIpc) is 2.29. The van der Waals surface area contributed by atoms with Crippen LogP contribution in [0.3, 0.4) is 0 Å². The second kappa shape index (κ2) is 5.98. The third-order valence-corrected chi connectivity index (χ3v) is 3.75. The summed E-state index contributed by atoms with van der Waals surface area (Å²) in [4.78, 5) is 13.7. The number of carbonyl (C=O) groups is 1. The van der Waals surface area contributed by atoms with Gasteiger partial charge in [-0.15, -0.1) is 0 Å². The van der Waals surface area contributed by atoms with Crippen molar-refractivity contribution in [3.8, 4) is 0 Å². The molecule has 1 aliphatic carbocycles. The maximum Gasteiger partial charge on any atom is 0.238 e. The zero-order valence-corrected chi connectivity index (χ0v) is 10.9. The van der Waals surface area contributed by atoms with Crippen LogP contribution >= 0.6 is 0 Å². The van der Waals surface area contributed by atoms with Gasteiger partial charge in [-0.05, 0) is 31.0 Å². The fourth-order valence-corrected chi connectivity index (χ4v) is 2.33. The molecule has 1 saturated carbocycles. The maximum absolute atomic E-state index is 11.4. The minimum atomic E-state index is -0.145. The molecule has 0 spiro atoms. The first-order chi connectivity index (χ1) is 8.70. The van der Waals surface area contributed by atoms with Gasteiger partial charge < -0.3 is 0 Å². The quantitative estimate of drug-likeness (QED) is 0.467. The highest BCUT2D eigenvalue weighted by Gasteiger charge is 2.22. The van der Waals surface area contributed by atoms with E-state index in [1.807, 2.05) is 18.2 Å². The summed E-state index contributed by atoms with van der Waals surface area (Å²) in [6, 6.07) is 8.79. The van der Waals surface area contributed by atoms with E-state index in [-0.39, 0.29) is 5.91 Å². The molecule has 1 aromatic rings. The van der Waals surface area contributed by atoms with Crippen molar-refractivity contribution in [2.75, 3.05) is 7.05 Å². The maximum atomic E-state index is 11.4. The number of nitrogens with two attached hydrogens (primary N) is 1. The van der Waals surface area contributed by atoms with E-state index < -0.39 is 0 Å². The van der Waals surface area contributed by atoms with Crippen molar-refractivity contribution < 1.29 is 4.79 Å². The molecule has 1 aromatic carbocycles. The van der Waals surface area contributed by atoms with Crippen LogP contribution in [0, 0.1) is 0 Å². The van der Waals surface area contributed by atoms with Crippen LogP contribution < -0.4 is 11.3 Å². The molecule has 2 rings (SSSR count). The number of amides is 1. The predicted molar refractivity (Wildman–Crippen MR) is 71.6 cm³/mol. The van der Waals surface area contributed by atoms with Crippen molar-refractivity contribution in [2.24, 2.45) is 5.84 Å². The number of nitrogens with one attached hydrogen (secondary N) is 1. The van der Waals surface area contributed by atoms with Crippen molar-refractivity contribution in [2.45, 2.75) is 38.3 Å². The Bertz CT molecular complexity index is 415. The Morgan fingerprint density at radius 1 is 1.39 bits per heavy atom. The molecule has 0 bridgehead atoms. The van der Waals surface area contributed by atoms with Crippen molar-refractivity contribution in [1.29, 1.82) is 0 Å². The summed E-state index contributed by atoms with van der Waals surface area (Å²) in [5.74, 6) is 5.00. The molecular formula is C14H21N3O. The molecule has 4 heteroatoms. The molecule has 1 amide bonds. The lowest BCUT2D eigenvalue weighted by molar-refractivity contribution is -0.120. The van der Waals surface area contributed by atoms with Crippen LogP contribution in [0.15, 0.2) is 24.3 Å². The Labute approximate surface area is 108 Å². The highest BCUT2D eigenvalue weighted by atomic mass is 16.2. The summed E-state index contributed by atoms with van der Waals surface area (Å²) in [6.07, 6.45) is 4.28. The standard InChI is InChI=1S/C14H21N3O/c1-17(13-7-4-8-13)10-12-6-3-2-5-11(12)9-14(18)16-15/h2-3,5-6,13H,4,7-10,15H2,1H3,(H,16,18). The van der Waals surface area contributed by atoms with Crippen LogP contribution in [-0.2, 0) is 17.8 Å². The SMILES string of the molecule is CN(Cc1ccccc1CC(=O)NN)C1CCC1. The Hall–Kier alpha value is -1.39. The lowest BCUT2D eigenvalue weighted by Gasteiger charge is -2.35.